The molecule has 0 saturated carbocycles. The second kappa shape index (κ2) is 7.26. The molecule has 2 aromatic rings. The molecule has 2 rings (SSSR count). The Morgan fingerprint density at radius 3 is 2.62 bits per heavy atom. The number of carbonyl (C=O) groups is 3. The number of anilines is 1. The van der Waals surface area contributed by atoms with Crippen molar-refractivity contribution in [1.29, 1.82) is 0 Å². The third-order valence-corrected chi connectivity index (χ3v) is 4.15. The minimum atomic E-state index is -0.524. The summed E-state index contributed by atoms with van der Waals surface area (Å²) in [5.41, 5.74) is 1.63. The maximum Gasteiger partial charge on any atom is 0.349 e. The number of carbonyl (C=O) groups excluding carboxylic acids is 3. The van der Waals surface area contributed by atoms with E-state index >= 15 is 0 Å². The van der Waals surface area contributed by atoms with E-state index in [1.54, 1.807) is 20.8 Å². The molecule has 9 heteroatoms. The summed E-state index contributed by atoms with van der Waals surface area (Å²) >= 11 is 0.997. The smallest absolute Gasteiger partial charge is 0.349 e. The van der Waals surface area contributed by atoms with Gasteiger partial charge >= 0.3 is 11.9 Å². The van der Waals surface area contributed by atoms with E-state index in [0.29, 0.717) is 16.8 Å². The summed E-state index contributed by atoms with van der Waals surface area (Å²) in [5, 5.41) is 2.84. The Morgan fingerprint density at radius 2 is 2.00 bits per heavy atom. The van der Waals surface area contributed by atoms with Gasteiger partial charge in [0.25, 0.3) is 5.91 Å². The summed E-state index contributed by atoms with van der Waals surface area (Å²) in [6.07, 6.45) is 1.32. The van der Waals surface area contributed by atoms with Gasteiger partial charge in [0.05, 0.1) is 25.5 Å². The van der Waals surface area contributed by atoms with Gasteiger partial charge in [-0.3, -0.25) is 10.1 Å². The lowest BCUT2D eigenvalue weighted by Gasteiger charge is -2.03. The number of ether oxygens (including phenoxy) is 2. The molecular weight excluding hydrogens is 334 g/mol. The number of aryl methyl sites for hydroxylation is 1. The number of esters is 2. The number of methoxy groups -OCH3 is 1. The highest BCUT2D eigenvalue weighted by atomic mass is 32.1. The molecule has 0 bridgehead atoms. The van der Waals surface area contributed by atoms with Crippen LogP contribution in [0.3, 0.4) is 0 Å². The molecule has 1 amide bonds. The van der Waals surface area contributed by atoms with Crippen LogP contribution < -0.4 is 5.32 Å². The van der Waals surface area contributed by atoms with Crippen LogP contribution in [0.1, 0.15) is 48.7 Å². The first kappa shape index (κ1) is 17.7. The Bertz CT molecular complexity index is 793. The first-order chi connectivity index (χ1) is 11.4. The van der Waals surface area contributed by atoms with Gasteiger partial charge in [-0.25, -0.2) is 14.6 Å². The van der Waals surface area contributed by atoms with Crippen molar-refractivity contribution in [1.82, 2.24) is 9.97 Å². The Morgan fingerprint density at radius 1 is 1.29 bits per heavy atom. The predicted octanol–water partition coefficient (Wildman–Crippen LogP) is 2.30. The van der Waals surface area contributed by atoms with Gasteiger partial charge in [-0.1, -0.05) is 11.3 Å². The molecule has 0 saturated heterocycles. The minimum Gasteiger partial charge on any atom is -0.465 e. The average molecular weight is 351 g/mol. The monoisotopic (exact) mass is 351 g/mol. The van der Waals surface area contributed by atoms with Gasteiger partial charge in [0.1, 0.15) is 10.6 Å². The molecule has 2 N–H and O–H groups in total. The molecule has 0 aliphatic carbocycles. The van der Waals surface area contributed by atoms with Crippen LogP contribution in [0.2, 0.25) is 0 Å². The molecule has 0 aliphatic heterocycles. The highest BCUT2D eigenvalue weighted by Crippen LogP contribution is 2.22. The summed E-state index contributed by atoms with van der Waals surface area (Å²) in [7, 11) is 1.27. The number of nitrogens with zero attached hydrogens (tertiary/aromatic N) is 1. The molecule has 8 nitrogen and oxygen atoms in total. The van der Waals surface area contributed by atoms with Gasteiger partial charge in [0.15, 0.2) is 5.13 Å². The van der Waals surface area contributed by atoms with Crippen molar-refractivity contribution in [2.24, 2.45) is 0 Å². The molecule has 128 valence electrons. The molecule has 2 heterocycles. The summed E-state index contributed by atoms with van der Waals surface area (Å²) in [6.45, 7) is 5.31. The fourth-order valence-electron chi connectivity index (χ4n) is 2.17. The third-order valence-electron chi connectivity index (χ3n) is 3.26. The minimum absolute atomic E-state index is 0.241. The number of aromatic amines is 1. The van der Waals surface area contributed by atoms with E-state index in [1.807, 2.05) is 0 Å². The van der Waals surface area contributed by atoms with Crippen LogP contribution in [0.4, 0.5) is 5.13 Å². The topological polar surface area (TPSA) is 110 Å². The number of nitrogens with one attached hydrogen (secondary N) is 2. The Kier molecular flexibility index (Phi) is 5.35. The highest BCUT2D eigenvalue weighted by molar-refractivity contribution is 7.17. The maximum absolute atomic E-state index is 12.4. The lowest BCUT2D eigenvalue weighted by atomic mass is 10.1. The lowest BCUT2D eigenvalue weighted by Crippen LogP contribution is -2.14. The summed E-state index contributed by atoms with van der Waals surface area (Å²) in [4.78, 5) is 42.9. The van der Waals surface area contributed by atoms with E-state index < -0.39 is 17.8 Å². The van der Waals surface area contributed by atoms with Crippen LogP contribution >= 0.6 is 11.3 Å². The molecule has 0 aromatic carbocycles. The van der Waals surface area contributed by atoms with E-state index in [0.717, 1.165) is 11.3 Å². The molecule has 24 heavy (non-hydrogen) atoms. The van der Waals surface area contributed by atoms with Crippen LogP contribution in [-0.2, 0) is 9.47 Å². The van der Waals surface area contributed by atoms with Crippen LogP contribution in [-0.4, -0.2) is 41.5 Å². The number of amides is 1. The summed E-state index contributed by atoms with van der Waals surface area (Å²) in [5.74, 6) is -1.47. The maximum atomic E-state index is 12.4. The Hall–Kier alpha value is -2.68. The Labute approximate surface area is 142 Å². The Balaban J connectivity index is 2.21. The first-order valence-electron chi connectivity index (χ1n) is 7.10. The van der Waals surface area contributed by atoms with Gasteiger partial charge in [-0.15, -0.1) is 0 Å². The highest BCUT2D eigenvalue weighted by Gasteiger charge is 2.23. The van der Waals surface area contributed by atoms with Crippen LogP contribution in [0.15, 0.2) is 6.20 Å². The van der Waals surface area contributed by atoms with Gasteiger partial charge in [-0.05, 0) is 26.3 Å². The molecule has 0 spiro atoms. The average Bonchev–Trinajstić information content (AvgIpc) is 3.11. The lowest BCUT2D eigenvalue weighted by molar-refractivity contribution is 0.0524. The number of hydrogen-bond acceptors (Lipinski definition) is 7. The van der Waals surface area contributed by atoms with Crippen molar-refractivity contribution in [2.75, 3.05) is 19.0 Å². The van der Waals surface area contributed by atoms with Crippen molar-refractivity contribution in [2.45, 2.75) is 20.8 Å². The number of hydrogen-bond donors (Lipinski definition) is 2. The second-order valence-corrected chi connectivity index (χ2v) is 5.85. The number of aromatic nitrogens is 2. The number of rotatable bonds is 5. The largest absolute Gasteiger partial charge is 0.465 e. The van der Waals surface area contributed by atoms with Crippen LogP contribution in [0.25, 0.3) is 0 Å². The fraction of sp³-hybridized carbons (Fsp3) is 0.333. The van der Waals surface area contributed by atoms with Crippen LogP contribution in [0.5, 0.6) is 0 Å². The van der Waals surface area contributed by atoms with Crippen molar-refractivity contribution >= 4 is 34.3 Å². The van der Waals surface area contributed by atoms with E-state index in [4.69, 9.17) is 4.74 Å². The zero-order chi connectivity index (χ0) is 17.9. The molecule has 0 unspecified atom stereocenters. The number of H-pyrrole nitrogens is 1. The molecular formula is C15H17N3O5S. The molecule has 0 radical (unpaired) electrons. The molecule has 2 aromatic heterocycles. The van der Waals surface area contributed by atoms with Gasteiger partial charge in [0, 0.05) is 5.69 Å². The standard InChI is InChI=1S/C15H17N3O5S/c1-5-23-14(21)10-7(2)11(17-8(10)3)12(19)18-15-16-6-9(24-15)13(20)22-4/h6,17H,5H2,1-4H3,(H,16,18,19). The zero-order valence-electron chi connectivity index (χ0n) is 13.7. The van der Waals surface area contributed by atoms with E-state index in [9.17, 15) is 14.4 Å². The third kappa shape index (κ3) is 3.46. The van der Waals surface area contributed by atoms with E-state index in [-0.39, 0.29) is 22.3 Å². The summed E-state index contributed by atoms with van der Waals surface area (Å²) in [6, 6.07) is 0. The van der Waals surface area contributed by atoms with Crippen molar-refractivity contribution in [3.63, 3.8) is 0 Å². The van der Waals surface area contributed by atoms with Gasteiger partial charge in [0.2, 0.25) is 0 Å². The quantitative estimate of drug-likeness (QED) is 0.800. The molecule has 0 aliphatic rings. The normalized spacial score (nSPS) is 10.3. The molecule has 0 fully saturated rings. The summed E-state index contributed by atoms with van der Waals surface area (Å²) < 4.78 is 9.58. The molecule has 0 atom stereocenters. The second-order valence-electron chi connectivity index (χ2n) is 4.82. The van der Waals surface area contributed by atoms with E-state index in [1.165, 1.54) is 13.3 Å². The van der Waals surface area contributed by atoms with Crippen LogP contribution in [0, 0.1) is 13.8 Å². The van der Waals surface area contributed by atoms with Gasteiger partial charge in [-0.2, -0.15) is 0 Å². The number of thiazole rings is 1. The van der Waals surface area contributed by atoms with E-state index in [2.05, 4.69) is 20.0 Å². The first-order valence-corrected chi connectivity index (χ1v) is 7.92. The SMILES string of the molecule is CCOC(=O)c1c(C)[nH]c(C(=O)Nc2ncc(C(=O)OC)s2)c1C. The van der Waals surface area contributed by atoms with Gasteiger partial charge < -0.3 is 14.5 Å². The van der Waals surface area contributed by atoms with Crippen molar-refractivity contribution in [3.8, 4) is 0 Å². The fourth-order valence-corrected chi connectivity index (χ4v) is 2.90. The van der Waals surface area contributed by atoms with Crippen molar-refractivity contribution < 1.29 is 23.9 Å². The van der Waals surface area contributed by atoms with Crippen molar-refractivity contribution in [3.05, 3.63) is 33.6 Å². The predicted molar refractivity (Wildman–Crippen MR) is 87.6 cm³/mol. The zero-order valence-corrected chi connectivity index (χ0v) is 14.5.